The Morgan fingerprint density at radius 3 is 3.00 bits per heavy atom. The molecule has 2 aromatic rings. The summed E-state index contributed by atoms with van der Waals surface area (Å²) < 4.78 is 0. The number of nitrogens with zero attached hydrogens (tertiary/aromatic N) is 1. The summed E-state index contributed by atoms with van der Waals surface area (Å²) >= 11 is 0. The van der Waals surface area contributed by atoms with Crippen LogP contribution < -0.4 is 11.1 Å². The molecule has 1 amide bonds. The zero-order chi connectivity index (χ0) is 13.3. The van der Waals surface area contributed by atoms with Crippen LogP contribution in [0.4, 0.5) is 5.69 Å². The van der Waals surface area contributed by atoms with Gasteiger partial charge in [-0.3, -0.25) is 9.89 Å². The van der Waals surface area contributed by atoms with Gasteiger partial charge in [-0.1, -0.05) is 18.9 Å². The monoisotopic (exact) mass is 258 g/mol. The van der Waals surface area contributed by atoms with Crippen molar-refractivity contribution in [3.05, 3.63) is 24.4 Å². The second-order valence-corrected chi connectivity index (χ2v) is 5.43. The molecule has 1 aliphatic rings. The van der Waals surface area contributed by atoms with Crippen molar-refractivity contribution in [2.45, 2.75) is 37.6 Å². The minimum Gasteiger partial charge on any atom is -0.325 e. The van der Waals surface area contributed by atoms with Crippen LogP contribution in [0, 0.1) is 0 Å². The quantitative estimate of drug-likeness (QED) is 0.788. The van der Waals surface area contributed by atoms with E-state index >= 15 is 0 Å². The lowest BCUT2D eigenvalue weighted by atomic mass is 9.94. The summed E-state index contributed by atoms with van der Waals surface area (Å²) in [6.45, 7) is 0. The number of hydrogen-bond acceptors (Lipinski definition) is 3. The number of anilines is 1. The van der Waals surface area contributed by atoms with E-state index in [4.69, 9.17) is 5.73 Å². The molecule has 4 N–H and O–H groups in total. The van der Waals surface area contributed by atoms with Crippen LogP contribution in [-0.4, -0.2) is 21.6 Å². The fourth-order valence-corrected chi connectivity index (χ4v) is 2.85. The Morgan fingerprint density at radius 1 is 1.42 bits per heavy atom. The first-order valence-electron chi connectivity index (χ1n) is 6.67. The Morgan fingerprint density at radius 2 is 2.21 bits per heavy atom. The third-order valence-electron chi connectivity index (χ3n) is 3.87. The molecule has 1 saturated carbocycles. The molecule has 0 bridgehead atoms. The molecule has 19 heavy (non-hydrogen) atoms. The third kappa shape index (κ3) is 2.46. The molecule has 0 unspecified atom stereocenters. The number of amides is 1. The van der Waals surface area contributed by atoms with Gasteiger partial charge in [0, 0.05) is 17.3 Å². The SMILES string of the molecule is NC1(CC(=O)Nc2cccc3[nH]ncc23)CCCC1. The van der Waals surface area contributed by atoms with Gasteiger partial charge < -0.3 is 11.1 Å². The molecule has 0 aliphatic heterocycles. The maximum Gasteiger partial charge on any atom is 0.226 e. The van der Waals surface area contributed by atoms with Gasteiger partial charge in [-0.25, -0.2) is 0 Å². The molecule has 0 spiro atoms. The third-order valence-corrected chi connectivity index (χ3v) is 3.87. The van der Waals surface area contributed by atoms with Crippen LogP contribution >= 0.6 is 0 Å². The molecule has 1 heterocycles. The molecule has 5 nitrogen and oxygen atoms in total. The maximum atomic E-state index is 12.1. The predicted octanol–water partition coefficient (Wildman–Crippen LogP) is 2.16. The molecule has 0 radical (unpaired) electrons. The lowest BCUT2D eigenvalue weighted by molar-refractivity contribution is -0.117. The first kappa shape index (κ1) is 12.2. The van der Waals surface area contributed by atoms with Crippen molar-refractivity contribution < 1.29 is 4.79 Å². The number of benzene rings is 1. The molecule has 1 aromatic heterocycles. The van der Waals surface area contributed by atoms with Gasteiger partial charge >= 0.3 is 0 Å². The Labute approximate surface area is 111 Å². The highest BCUT2D eigenvalue weighted by Crippen LogP contribution is 2.30. The average molecular weight is 258 g/mol. The summed E-state index contributed by atoms with van der Waals surface area (Å²) in [6, 6.07) is 5.71. The van der Waals surface area contributed by atoms with Crippen LogP contribution in [-0.2, 0) is 4.79 Å². The molecule has 100 valence electrons. The summed E-state index contributed by atoms with van der Waals surface area (Å²) in [5.74, 6) is -0.0156. The Bertz CT molecular complexity index is 598. The molecule has 1 aliphatic carbocycles. The molecule has 3 rings (SSSR count). The van der Waals surface area contributed by atoms with Crippen LogP contribution in [0.25, 0.3) is 10.9 Å². The topological polar surface area (TPSA) is 83.8 Å². The van der Waals surface area contributed by atoms with E-state index < -0.39 is 0 Å². The molecular weight excluding hydrogens is 240 g/mol. The van der Waals surface area contributed by atoms with Crippen LogP contribution in [0.5, 0.6) is 0 Å². The summed E-state index contributed by atoms with van der Waals surface area (Å²) in [5.41, 5.74) is 7.62. The van der Waals surface area contributed by atoms with Crippen molar-refractivity contribution in [1.82, 2.24) is 10.2 Å². The highest BCUT2D eigenvalue weighted by atomic mass is 16.1. The lowest BCUT2D eigenvalue weighted by Gasteiger charge is -2.22. The van der Waals surface area contributed by atoms with Crippen molar-refractivity contribution in [1.29, 1.82) is 0 Å². The standard InChI is InChI=1S/C14H18N4O/c15-14(6-1-2-7-14)8-13(19)17-11-4-3-5-12-10(11)9-16-18-12/h3-5,9H,1-2,6-8,15H2,(H,16,18)(H,17,19). The van der Waals surface area contributed by atoms with Crippen molar-refractivity contribution in [3.63, 3.8) is 0 Å². The number of carbonyl (C=O) groups is 1. The zero-order valence-electron chi connectivity index (χ0n) is 10.8. The highest BCUT2D eigenvalue weighted by molar-refractivity contribution is 6.01. The van der Waals surface area contributed by atoms with E-state index in [-0.39, 0.29) is 11.4 Å². The summed E-state index contributed by atoms with van der Waals surface area (Å²) in [5, 5.41) is 10.7. The van der Waals surface area contributed by atoms with Gasteiger partial charge in [-0.05, 0) is 25.0 Å². The first-order valence-corrected chi connectivity index (χ1v) is 6.67. The summed E-state index contributed by atoms with van der Waals surface area (Å²) in [7, 11) is 0. The van der Waals surface area contributed by atoms with Crippen LogP contribution in [0.3, 0.4) is 0 Å². The summed E-state index contributed by atoms with van der Waals surface area (Å²) in [4.78, 5) is 12.1. The van der Waals surface area contributed by atoms with E-state index in [1.807, 2.05) is 18.2 Å². The number of carbonyl (C=O) groups excluding carboxylic acids is 1. The van der Waals surface area contributed by atoms with Crippen molar-refractivity contribution in [2.75, 3.05) is 5.32 Å². The zero-order valence-corrected chi connectivity index (χ0v) is 10.8. The molecule has 5 heteroatoms. The number of nitrogens with one attached hydrogen (secondary N) is 2. The van der Waals surface area contributed by atoms with Crippen molar-refractivity contribution in [2.24, 2.45) is 5.73 Å². The van der Waals surface area contributed by atoms with Gasteiger partial charge in [-0.15, -0.1) is 0 Å². The smallest absolute Gasteiger partial charge is 0.226 e. The van der Waals surface area contributed by atoms with Gasteiger partial charge in [0.05, 0.1) is 17.4 Å². The fourth-order valence-electron chi connectivity index (χ4n) is 2.85. The molecule has 0 saturated heterocycles. The second-order valence-electron chi connectivity index (χ2n) is 5.43. The Kier molecular flexibility index (Phi) is 2.98. The number of rotatable bonds is 3. The minimum absolute atomic E-state index is 0.0156. The number of aromatic amines is 1. The van der Waals surface area contributed by atoms with Crippen molar-refractivity contribution in [3.8, 4) is 0 Å². The van der Waals surface area contributed by atoms with E-state index in [0.717, 1.165) is 42.3 Å². The fraction of sp³-hybridized carbons (Fsp3) is 0.429. The van der Waals surface area contributed by atoms with E-state index in [0.29, 0.717) is 6.42 Å². The van der Waals surface area contributed by atoms with E-state index in [2.05, 4.69) is 15.5 Å². The van der Waals surface area contributed by atoms with Crippen LogP contribution in [0.1, 0.15) is 32.1 Å². The van der Waals surface area contributed by atoms with E-state index in [1.54, 1.807) is 6.20 Å². The number of aromatic nitrogens is 2. The molecule has 1 aromatic carbocycles. The predicted molar refractivity (Wildman–Crippen MR) is 74.7 cm³/mol. The highest BCUT2D eigenvalue weighted by Gasteiger charge is 2.31. The number of nitrogens with two attached hydrogens (primary N) is 1. The second kappa shape index (κ2) is 4.66. The van der Waals surface area contributed by atoms with Gasteiger partial charge in [0.25, 0.3) is 0 Å². The summed E-state index contributed by atoms with van der Waals surface area (Å²) in [6.07, 6.45) is 6.24. The Hall–Kier alpha value is -1.88. The first-order chi connectivity index (χ1) is 9.16. The van der Waals surface area contributed by atoms with Gasteiger partial charge in [0.1, 0.15) is 0 Å². The number of H-pyrrole nitrogens is 1. The van der Waals surface area contributed by atoms with Gasteiger partial charge in [0.2, 0.25) is 5.91 Å². The van der Waals surface area contributed by atoms with Crippen molar-refractivity contribution >= 4 is 22.5 Å². The number of hydrogen-bond donors (Lipinski definition) is 3. The largest absolute Gasteiger partial charge is 0.325 e. The normalized spacial score (nSPS) is 17.7. The maximum absolute atomic E-state index is 12.1. The van der Waals surface area contributed by atoms with Crippen LogP contribution in [0.15, 0.2) is 24.4 Å². The Balaban J connectivity index is 1.74. The van der Waals surface area contributed by atoms with Gasteiger partial charge in [0.15, 0.2) is 0 Å². The van der Waals surface area contributed by atoms with Crippen LogP contribution in [0.2, 0.25) is 0 Å². The average Bonchev–Trinajstić information content (AvgIpc) is 2.98. The number of fused-ring (bicyclic) bond motifs is 1. The molecule has 1 fully saturated rings. The molecular formula is C14H18N4O. The van der Waals surface area contributed by atoms with Gasteiger partial charge in [-0.2, -0.15) is 5.10 Å². The minimum atomic E-state index is -0.311. The molecule has 0 atom stereocenters. The van der Waals surface area contributed by atoms with E-state index in [9.17, 15) is 4.79 Å². The van der Waals surface area contributed by atoms with E-state index in [1.165, 1.54) is 0 Å². The lowest BCUT2D eigenvalue weighted by Crippen LogP contribution is -2.40.